The third kappa shape index (κ3) is 2.98. The van der Waals surface area contributed by atoms with Gasteiger partial charge in [-0.3, -0.25) is 4.79 Å². The Labute approximate surface area is 141 Å². The minimum absolute atomic E-state index is 0.0557. The van der Waals surface area contributed by atoms with Gasteiger partial charge < -0.3 is 10.0 Å². The fourth-order valence-corrected chi connectivity index (χ4v) is 3.66. The molecule has 1 aromatic carbocycles. The van der Waals surface area contributed by atoms with Crippen molar-refractivity contribution in [2.75, 3.05) is 13.1 Å². The maximum absolute atomic E-state index is 13.2. The first kappa shape index (κ1) is 16.4. The molecule has 3 rings (SSSR count). The van der Waals surface area contributed by atoms with Gasteiger partial charge in [-0.2, -0.15) is 0 Å². The molecule has 0 aliphatic carbocycles. The monoisotopic (exact) mass is 326 g/mol. The van der Waals surface area contributed by atoms with Gasteiger partial charge in [-0.15, -0.1) is 0 Å². The fraction of sp³-hybridized carbons (Fsp3) is 0.421. The van der Waals surface area contributed by atoms with E-state index in [4.69, 9.17) is 5.11 Å². The van der Waals surface area contributed by atoms with Gasteiger partial charge in [-0.05, 0) is 31.4 Å². The summed E-state index contributed by atoms with van der Waals surface area (Å²) in [4.78, 5) is 30.3. The highest BCUT2D eigenvalue weighted by Gasteiger charge is 2.42. The summed E-state index contributed by atoms with van der Waals surface area (Å²) in [6.07, 6.45) is 1.90. The number of nitrogens with zero attached hydrogens (tertiary/aromatic N) is 2. The Morgan fingerprint density at radius 2 is 1.88 bits per heavy atom. The van der Waals surface area contributed by atoms with Crippen molar-refractivity contribution in [3.63, 3.8) is 0 Å². The number of ketones is 1. The number of hydrogen-bond acceptors (Lipinski definition) is 3. The van der Waals surface area contributed by atoms with Crippen molar-refractivity contribution < 1.29 is 14.7 Å². The summed E-state index contributed by atoms with van der Waals surface area (Å²) < 4.78 is 0. The molecule has 1 aliphatic heterocycles. The first-order valence-electron chi connectivity index (χ1n) is 8.44. The second-order valence-electron chi connectivity index (χ2n) is 6.52. The molecule has 2 aromatic rings. The number of likely N-dealkylation sites (tertiary alicyclic amines) is 1. The molecule has 1 fully saturated rings. The zero-order valence-corrected chi connectivity index (χ0v) is 13.9. The number of Topliss-reactive ketones (excluding diaryl/α,β-unsaturated/α-hetero) is 1. The first-order chi connectivity index (χ1) is 11.6. The Bertz CT molecular complexity index is 764. The van der Waals surface area contributed by atoms with E-state index in [9.17, 15) is 9.59 Å². The number of benzene rings is 1. The molecule has 1 aliphatic rings. The van der Waals surface area contributed by atoms with Gasteiger partial charge in [0.15, 0.2) is 5.78 Å². The van der Waals surface area contributed by atoms with E-state index < -0.39 is 11.5 Å². The van der Waals surface area contributed by atoms with Crippen LogP contribution in [0.2, 0.25) is 0 Å². The van der Waals surface area contributed by atoms with E-state index in [0.717, 1.165) is 23.7 Å². The quantitative estimate of drug-likeness (QED) is 0.863. The molecule has 0 radical (unpaired) electrons. The van der Waals surface area contributed by atoms with Crippen molar-refractivity contribution in [2.45, 2.75) is 32.6 Å². The van der Waals surface area contributed by atoms with Crippen LogP contribution in [0.3, 0.4) is 0 Å². The lowest BCUT2D eigenvalue weighted by atomic mass is 9.70. The number of hydrogen-bond donors (Lipinski definition) is 1. The van der Waals surface area contributed by atoms with Crippen LogP contribution in [0, 0.1) is 5.41 Å². The van der Waals surface area contributed by atoms with Crippen molar-refractivity contribution in [3.05, 3.63) is 42.1 Å². The minimum atomic E-state index is -0.906. The van der Waals surface area contributed by atoms with E-state index in [1.54, 1.807) is 6.07 Å². The van der Waals surface area contributed by atoms with Crippen molar-refractivity contribution in [2.24, 2.45) is 5.41 Å². The van der Waals surface area contributed by atoms with Gasteiger partial charge in [0.25, 0.3) is 0 Å². The number of pyridine rings is 1. The van der Waals surface area contributed by atoms with Gasteiger partial charge in [-0.25, -0.2) is 9.78 Å². The molecule has 24 heavy (non-hydrogen) atoms. The summed E-state index contributed by atoms with van der Waals surface area (Å²) in [6, 6.07) is 11.5. The number of amides is 1. The number of piperidine rings is 1. The van der Waals surface area contributed by atoms with E-state index in [-0.39, 0.29) is 5.78 Å². The molecule has 2 heterocycles. The van der Waals surface area contributed by atoms with Crippen molar-refractivity contribution in [1.82, 2.24) is 9.88 Å². The maximum atomic E-state index is 13.2. The summed E-state index contributed by atoms with van der Waals surface area (Å²) >= 11 is 0. The molecule has 0 spiro atoms. The van der Waals surface area contributed by atoms with Crippen LogP contribution in [0.15, 0.2) is 36.4 Å². The Kier molecular flexibility index (Phi) is 4.51. The van der Waals surface area contributed by atoms with Gasteiger partial charge in [0.1, 0.15) is 5.69 Å². The zero-order chi connectivity index (χ0) is 17.2. The van der Waals surface area contributed by atoms with Gasteiger partial charge >= 0.3 is 6.09 Å². The van der Waals surface area contributed by atoms with Crippen molar-refractivity contribution in [3.8, 4) is 0 Å². The van der Waals surface area contributed by atoms with Crippen LogP contribution in [0.5, 0.6) is 0 Å². The Balaban J connectivity index is 1.90. The SMILES string of the molecule is CCCC1(C(=O)c2ccc3ccccc3n2)CCN(C(=O)O)CC1. The Hall–Kier alpha value is -2.43. The summed E-state index contributed by atoms with van der Waals surface area (Å²) in [5.74, 6) is 0.0557. The molecule has 0 atom stereocenters. The van der Waals surface area contributed by atoms with Gasteiger partial charge in [-0.1, -0.05) is 37.6 Å². The van der Waals surface area contributed by atoms with E-state index in [0.29, 0.717) is 31.6 Å². The average Bonchev–Trinajstić information content (AvgIpc) is 2.61. The topological polar surface area (TPSA) is 70.5 Å². The van der Waals surface area contributed by atoms with E-state index in [2.05, 4.69) is 11.9 Å². The van der Waals surface area contributed by atoms with E-state index in [1.165, 1.54) is 4.90 Å². The summed E-state index contributed by atoms with van der Waals surface area (Å²) in [6.45, 7) is 2.88. The molecule has 1 saturated heterocycles. The lowest BCUT2D eigenvalue weighted by Gasteiger charge is -2.39. The highest BCUT2D eigenvalue weighted by atomic mass is 16.4. The molecular weight excluding hydrogens is 304 g/mol. The molecular formula is C19H22N2O3. The second kappa shape index (κ2) is 6.59. The number of fused-ring (bicyclic) bond motifs is 1. The van der Waals surface area contributed by atoms with Gasteiger partial charge in [0.05, 0.1) is 5.52 Å². The van der Waals surface area contributed by atoms with Crippen molar-refractivity contribution >= 4 is 22.8 Å². The standard InChI is InChI=1S/C19H22N2O3/c1-2-9-19(10-12-21(13-11-19)18(23)24)17(22)16-8-7-14-5-3-4-6-15(14)20-16/h3-8H,2,9-13H2,1H3,(H,23,24). The molecule has 1 aromatic heterocycles. The number of aromatic nitrogens is 1. The summed E-state index contributed by atoms with van der Waals surface area (Å²) in [5, 5.41) is 10.2. The molecule has 1 amide bonds. The van der Waals surface area contributed by atoms with E-state index in [1.807, 2.05) is 30.3 Å². The number of carboxylic acid groups (broad SMARTS) is 1. The highest BCUT2D eigenvalue weighted by molar-refractivity contribution is 6.00. The normalized spacial score (nSPS) is 17.0. The molecule has 1 N–H and O–H groups in total. The lowest BCUT2D eigenvalue weighted by Crippen LogP contribution is -2.46. The third-order valence-electron chi connectivity index (χ3n) is 5.03. The number of carbonyl (C=O) groups excluding carboxylic acids is 1. The van der Waals surface area contributed by atoms with Crippen LogP contribution in [0.4, 0.5) is 4.79 Å². The molecule has 0 saturated carbocycles. The van der Waals surface area contributed by atoms with Crippen molar-refractivity contribution in [1.29, 1.82) is 0 Å². The molecule has 126 valence electrons. The fourth-order valence-electron chi connectivity index (χ4n) is 3.66. The van der Waals surface area contributed by atoms with Crippen LogP contribution in [0.25, 0.3) is 10.9 Å². The predicted molar refractivity (Wildman–Crippen MR) is 92.2 cm³/mol. The second-order valence-corrected chi connectivity index (χ2v) is 6.52. The van der Waals surface area contributed by atoms with Crippen LogP contribution >= 0.6 is 0 Å². The predicted octanol–water partition coefficient (Wildman–Crippen LogP) is 3.98. The molecule has 5 nitrogen and oxygen atoms in total. The summed E-state index contributed by atoms with van der Waals surface area (Å²) in [7, 11) is 0. The van der Waals surface area contributed by atoms with Crippen LogP contribution in [-0.4, -0.2) is 40.0 Å². The largest absolute Gasteiger partial charge is 0.465 e. The van der Waals surface area contributed by atoms with Crippen LogP contribution in [0.1, 0.15) is 43.1 Å². The average molecular weight is 326 g/mol. The minimum Gasteiger partial charge on any atom is -0.465 e. The first-order valence-corrected chi connectivity index (χ1v) is 8.44. The molecule has 0 unspecified atom stereocenters. The maximum Gasteiger partial charge on any atom is 0.407 e. The Morgan fingerprint density at radius 1 is 1.17 bits per heavy atom. The molecule has 0 bridgehead atoms. The number of para-hydroxylation sites is 1. The third-order valence-corrected chi connectivity index (χ3v) is 5.03. The smallest absolute Gasteiger partial charge is 0.407 e. The van der Waals surface area contributed by atoms with E-state index >= 15 is 0 Å². The highest BCUT2D eigenvalue weighted by Crippen LogP contribution is 2.39. The summed E-state index contributed by atoms with van der Waals surface area (Å²) in [5.41, 5.74) is 0.819. The lowest BCUT2D eigenvalue weighted by molar-refractivity contribution is 0.0548. The van der Waals surface area contributed by atoms with Crippen LogP contribution in [-0.2, 0) is 0 Å². The Morgan fingerprint density at radius 3 is 2.54 bits per heavy atom. The van der Waals surface area contributed by atoms with Crippen LogP contribution < -0.4 is 0 Å². The number of carbonyl (C=O) groups is 2. The molecule has 5 heteroatoms. The van der Waals surface area contributed by atoms with Gasteiger partial charge in [0, 0.05) is 23.9 Å². The number of rotatable bonds is 4. The zero-order valence-electron chi connectivity index (χ0n) is 13.9. The van der Waals surface area contributed by atoms with Gasteiger partial charge in [0.2, 0.25) is 0 Å².